The molecule has 0 bridgehead atoms. The zero-order valence-electron chi connectivity index (χ0n) is 23.0. The number of likely N-dealkylation sites (tertiary alicyclic amines) is 1. The van der Waals surface area contributed by atoms with E-state index in [1.54, 1.807) is 19.2 Å². The molecule has 1 saturated heterocycles. The quantitative estimate of drug-likeness (QED) is 0.193. The summed E-state index contributed by atoms with van der Waals surface area (Å²) in [6, 6.07) is 12.0. The largest absolute Gasteiger partial charge is 0.507 e. The van der Waals surface area contributed by atoms with Crippen LogP contribution in [0.2, 0.25) is 0 Å². The van der Waals surface area contributed by atoms with Crippen LogP contribution in [-0.2, 0) is 19.7 Å². The van der Waals surface area contributed by atoms with E-state index in [0.717, 1.165) is 11.3 Å². The zero-order chi connectivity index (χ0) is 27.3. The second-order valence-electron chi connectivity index (χ2n) is 10.5. The Kier molecular flexibility index (Phi) is 9.02. The first-order chi connectivity index (χ1) is 17.5. The van der Waals surface area contributed by atoms with Crippen LogP contribution in [0.15, 0.2) is 48.0 Å². The van der Waals surface area contributed by atoms with E-state index in [9.17, 15) is 14.7 Å². The van der Waals surface area contributed by atoms with Crippen LogP contribution >= 0.6 is 0 Å². The van der Waals surface area contributed by atoms with Crippen LogP contribution < -0.4 is 9.47 Å². The van der Waals surface area contributed by atoms with Crippen molar-refractivity contribution in [2.75, 3.05) is 26.9 Å². The third-order valence-corrected chi connectivity index (χ3v) is 6.19. The Hall–Kier alpha value is -3.32. The predicted octanol–water partition coefficient (Wildman–Crippen LogP) is 5.63. The van der Waals surface area contributed by atoms with Gasteiger partial charge < -0.3 is 24.2 Å². The lowest BCUT2D eigenvalue weighted by molar-refractivity contribution is -0.140. The molecule has 2 aromatic carbocycles. The minimum Gasteiger partial charge on any atom is -0.507 e. The maximum absolute atomic E-state index is 13.4. The Labute approximate surface area is 220 Å². The first-order valence-electron chi connectivity index (χ1n) is 12.8. The maximum Gasteiger partial charge on any atom is 0.295 e. The van der Waals surface area contributed by atoms with Gasteiger partial charge in [0.15, 0.2) is 0 Å². The van der Waals surface area contributed by atoms with E-state index in [4.69, 9.17) is 14.2 Å². The summed E-state index contributed by atoms with van der Waals surface area (Å²) in [5.74, 6) is -0.199. The highest BCUT2D eigenvalue weighted by molar-refractivity contribution is 6.46. The van der Waals surface area contributed by atoms with E-state index >= 15 is 0 Å². The fourth-order valence-electron chi connectivity index (χ4n) is 4.57. The average Bonchev–Trinajstić information content (AvgIpc) is 3.08. The second kappa shape index (κ2) is 11.8. The molecule has 0 spiro atoms. The Bertz CT molecular complexity index is 1160. The SMILES string of the molecule is CCOc1ccc(/C(O)=C2\C(=O)C(=O)N(CCCOC)C2c2cccc(OC(C)C)c2)cc1C(C)(C)C. The predicted molar refractivity (Wildman–Crippen MR) is 144 cm³/mol. The van der Waals surface area contributed by atoms with Gasteiger partial charge in [0, 0.05) is 31.4 Å². The van der Waals surface area contributed by atoms with Crippen LogP contribution in [0.5, 0.6) is 11.5 Å². The summed E-state index contributed by atoms with van der Waals surface area (Å²) in [5.41, 5.74) is 1.85. The molecular formula is C30H39NO6. The number of nitrogens with zero attached hydrogens (tertiary/aromatic N) is 1. The number of Topliss-reactive ketones (excluding diaryl/α,β-unsaturated/α-hetero) is 1. The topological polar surface area (TPSA) is 85.3 Å². The summed E-state index contributed by atoms with van der Waals surface area (Å²) in [4.78, 5) is 28.1. The van der Waals surface area contributed by atoms with Crippen LogP contribution in [-0.4, -0.2) is 54.7 Å². The highest BCUT2D eigenvalue weighted by atomic mass is 16.5. The fraction of sp³-hybridized carbons (Fsp3) is 0.467. The first kappa shape index (κ1) is 28.3. The van der Waals surface area contributed by atoms with Crippen molar-refractivity contribution in [3.63, 3.8) is 0 Å². The van der Waals surface area contributed by atoms with E-state index in [1.165, 1.54) is 4.90 Å². The number of benzene rings is 2. The normalized spacial score (nSPS) is 17.5. The summed E-state index contributed by atoms with van der Waals surface area (Å²) in [7, 11) is 1.59. The molecule has 1 amide bonds. The van der Waals surface area contributed by atoms with Gasteiger partial charge in [-0.15, -0.1) is 0 Å². The molecule has 1 aliphatic heterocycles. The summed E-state index contributed by atoms with van der Waals surface area (Å²) < 4.78 is 16.9. The number of aliphatic hydroxyl groups excluding tert-OH is 1. The number of carbonyl (C=O) groups is 2. The molecule has 37 heavy (non-hydrogen) atoms. The number of amides is 1. The van der Waals surface area contributed by atoms with Crippen molar-refractivity contribution in [3.8, 4) is 11.5 Å². The zero-order valence-corrected chi connectivity index (χ0v) is 23.0. The molecule has 3 rings (SSSR count). The van der Waals surface area contributed by atoms with Gasteiger partial charge in [-0.3, -0.25) is 9.59 Å². The summed E-state index contributed by atoms with van der Waals surface area (Å²) >= 11 is 0. The van der Waals surface area contributed by atoms with Crippen LogP contribution in [0.4, 0.5) is 0 Å². The van der Waals surface area contributed by atoms with Crippen molar-refractivity contribution < 1.29 is 28.9 Å². The Morgan fingerprint density at radius 2 is 1.84 bits per heavy atom. The van der Waals surface area contributed by atoms with Crippen molar-refractivity contribution in [2.24, 2.45) is 0 Å². The Morgan fingerprint density at radius 3 is 2.46 bits per heavy atom. The van der Waals surface area contributed by atoms with Gasteiger partial charge in [-0.2, -0.15) is 0 Å². The van der Waals surface area contributed by atoms with Crippen molar-refractivity contribution in [2.45, 2.75) is 65.5 Å². The smallest absolute Gasteiger partial charge is 0.295 e. The average molecular weight is 510 g/mol. The van der Waals surface area contributed by atoms with Gasteiger partial charge in [0.2, 0.25) is 0 Å². The monoisotopic (exact) mass is 509 g/mol. The van der Waals surface area contributed by atoms with E-state index < -0.39 is 17.7 Å². The maximum atomic E-state index is 13.4. The van der Waals surface area contributed by atoms with Crippen LogP contribution in [0.3, 0.4) is 0 Å². The molecule has 7 nitrogen and oxygen atoms in total. The molecule has 0 aromatic heterocycles. The number of carbonyl (C=O) groups excluding carboxylic acids is 2. The van der Waals surface area contributed by atoms with Gasteiger partial charge in [-0.05, 0) is 68.5 Å². The number of rotatable bonds is 10. The number of hydrogen-bond acceptors (Lipinski definition) is 6. The molecule has 1 aliphatic rings. The molecule has 1 unspecified atom stereocenters. The van der Waals surface area contributed by atoms with Crippen molar-refractivity contribution in [1.29, 1.82) is 0 Å². The Morgan fingerprint density at radius 1 is 1.11 bits per heavy atom. The van der Waals surface area contributed by atoms with Crippen molar-refractivity contribution in [3.05, 3.63) is 64.7 Å². The van der Waals surface area contributed by atoms with Crippen LogP contribution in [0.25, 0.3) is 5.76 Å². The minimum absolute atomic E-state index is 0.0389. The standard InChI is InChI=1S/C30H39NO6/c1-8-36-24-14-13-21(18-23(24)30(4,5)6)27(32)25-26(20-11-9-12-22(17-20)37-19(2)3)31(15-10-16-35-7)29(34)28(25)33/h9,11-14,17-19,26,32H,8,10,15-16H2,1-7H3/b27-25+. The molecule has 1 atom stereocenters. The molecule has 1 N–H and O–H groups in total. The molecular weight excluding hydrogens is 470 g/mol. The Balaban J connectivity index is 2.19. The van der Waals surface area contributed by atoms with Gasteiger partial charge in [-0.25, -0.2) is 0 Å². The minimum atomic E-state index is -0.753. The molecule has 7 heteroatoms. The van der Waals surface area contributed by atoms with E-state index in [2.05, 4.69) is 20.8 Å². The lowest BCUT2D eigenvalue weighted by Gasteiger charge is -2.26. The number of methoxy groups -OCH3 is 1. The molecule has 1 heterocycles. The van der Waals surface area contributed by atoms with Gasteiger partial charge in [-0.1, -0.05) is 32.9 Å². The third-order valence-electron chi connectivity index (χ3n) is 6.19. The number of ether oxygens (including phenoxy) is 3. The summed E-state index contributed by atoms with van der Waals surface area (Å²) in [6.45, 7) is 13.2. The third kappa shape index (κ3) is 6.34. The van der Waals surface area contributed by atoms with Crippen LogP contribution in [0.1, 0.15) is 70.7 Å². The summed E-state index contributed by atoms with van der Waals surface area (Å²) in [5, 5.41) is 11.5. The first-order valence-corrected chi connectivity index (χ1v) is 12.8. The highest BCUT2D eigenvalue weighted by Gasteiger charge is 2.46. The lowest BCUT2D eigenvalue weighted by atomic mass is 9.84. The molecule has 0 radical (unpaired) electrons. The highest BCUT2D eigenvalue weighted by Crippen LogP contribution is 2.41. The molecule has 0 aliphatic carbocycles. The van der Waals surface area contributed by atoms with Crippen molar-refractivity contribution >= 4 is 17.4 Å². The molecule has 200 valence electrons. The molecule has 1 fully saturated rings. The van der Waals surface area contributed by atoms with Crippen molar-refractivity contribution in [1.82, 2.24) is 4.90 Å². The van der Waals surface area contributed by atoms with Gasteiger partial charge in [0.05, 0.1) is 24.3 Å². The lowest BCUT2D eigenvalue weighted by Crippen LogP contribution is -2.31. The fourth-order valence-corrected chi connectivity index (χ4v) is 4.57. The number of ketones is 1. The van der Waals surface area contributed by atoms with Crippen LogP contribution in [0, 0.1) is 0 Å². The molecule has 2 aromatic rings. The van der Waals surface area contributed by atoms with E-state index in [1.807, 2.05) is 51.1 Å². The van der Waals surface area contributed by atoms with Gasteiger partial charge in [0.25, 0.3) is 11.7 Å². The van der Waals surface area contributed by atoms with E-state index in [-0.39, 0.29) is 22.9 Å². The van der Waals surface area contributed by atoms with Gasteiger partial charge in [0.1, 0.15) is 17.3 Å². The summed E-state index contributed by atoms with van der Waals surface area (Å²) in [6.07, 6.45) is 0.516. The molecule has 0 saturated carbocycles. The van der Waals surface area contributed by atoms with Gasteiger partial charge >= 0.3 is 0 Å². The number of aliphatic hydroxyl groups is 1. The number of hydrogen-bond donors (Lipinski definition) is 1. The second-order valence-corrected chi connectivity index (χ2v) is 10.5. The van der Waals surface area contributed by atoms with E-state index in [0.29, 0.717) is 43.1 Å².